The molecule has 0 bridgehead atoms. The van der Waals surface area contributed by atoms with Crippen LogP contribution in [0.25, 0.3) is 21.9 Å². The van der Waals surface area contributed by atoms with Gasteiger partial charge in [0, 0.05) is 22.1 Å². The molecule has 4 aromatic rings. The molecule has 1 N–H and O–H groups in total. The molecule has 1 aromatic heterocycles. The van der Waals surface area contributed by atoms with Crippen LogP contribution in [0.1, 0.15) is 26.3 Å². The van der Waals surface area contributed by atoms with Crippen LogP contribution < -0.4 is 5.32 Å². The van der Waals surface area contributed by atoms with Crippen molar-refractivity contribution in [1.29, 1.82) is 0 Å². The zero-order chi connectivity index (χ0) is 16.7. The van der Waals surface area contributed by atoms with Crippen molar-refractivity contribution in [1.82, 2.24) is 0 Å². The molecular formula is C22H21NO. The number of rotatable bonds is 2. The van der Waals surface area contributed by atoms with E-state index >= 15 is 0 Å². The third-order valence-corrected chi connectivity index (χ3v) is 4.42. The summed E-state index contributed by atoms with van der Waals surface area (Å²) >= 11 is 0. The van der Waals surface area contributed by atoms with Crippen LogP contribution in [-0.2, 0) is 5.41 Å². The molecule has 0 unspecified atom stereocenters. The predicted molar refractivity (Wildman–Crippen MR) is 102 cm³/mol. The van der Waals surface area contributed by atoms with Gasteiger partial charge in [-0.1, -0.05) is 51.1 Å². The number of para-hydroxylation sites is 1. The van der Waals surface area contributed by atoms with Gasteiger partial charge < -0.3 is 9.73 Å². The van der Waals surface area contributed by atoms with Crippen LogP contribution in [-0.4, -0.2) is 0 Å². The molecule has 120 valence electrons. The Kier molecular flexibility index (Phi) is 3.34. The lowest BCUT2D eigenvalue weighted by Gasteiger charge is -2.19. The molecule has 0 saturated heterocycles. The third kappa shape index (κ3) is 2.65. The van der Waals surface area contributed by atoms with Gasteiger partial charge in [-0.3, -0.25) is 0 Å². The van der Waals surface area contributed by atoms with Gasteiger partial charge in [0.05, 0.1) is 0 Å². The minimum Gasteiger partial charge on any atom is -0.456 e. The molecular weight excluding hydrogens is 294 g/mol. The molecule has 4 rings (SSSR count). The first kappa shape index (κ1) is 14.8. The quantitative estimate of drug-likeness (QED) is 0.449. The van der Waals surface area contributed by atoms with Crippen molar-refractivity contribution in [2.45, 2.75) is 26.2 Å². The lowest BCUT2D eigenvalue weighted by Crippen LogP contribution is -2.10. The summed E-state index contributed by atoms with van der Waals surface area (Å²) < 4.78 is 5.88. The maximum atomic E-state index is 5.88. The van der Waals surface area contributed by atoms with Crippen molar-refractivity contribution in [3.05, 3.63) is 72.3 Å². The van der Waals surface area contributed by atoms with Gasteiger partial charge in [-0.25, -0.2) is 0 Å². The van der Waals surface area contributed by atoms with Crippen molar-refractivity contribution >= 4 is 33.3 Å². The van der Waals surface area contributed by atoms with Gasteiger partial charge in [-0.2, -0.15) is 0 Å². The molecule has 24 heavy (non-hydrogen) atoms. The van der Waals surface area contributed by atoms with Crippen LogP contribution in [0.15, 0.2) is 71.1 Å². The second-order valence-electron chi connectivity index (χ2n) is 7.26. The van der Waals surface area contributed by atoms with Crippen molar-refractivity contribution in [2.75, 3.05) is 5.32 Å². The summed E-state index contributed by atoms with van der Waals surface area (Å²) in [5, 5.41) is 5.78. The number of hydrogen-bond donors (Lipinski definition) is 1. The Labute approximate surface area is 142 Å². The highest BCUT2D eigenvalue weighted by atomic mass is 16.3. The Hall–Kier alpha value is -2.74. The normalized spacial score (nSPS) is 12.0. The Morgan fingerprint density at radius 2 is 1.38 bits per heavy atom. The average molecular weight is 315 g/mol. The number of nitrogens with one attached hydrogen (secondary N) is 1. The van der Waals surface area contributed by atoms with Crippen LogP contribution in [0.4, 0.5) is 11.4 Å². The lowest BCUT2D eigenvalue weighted by atomic mass is 9.87. The minimum absolute atomic E-state index is 0.174. The molecule has 1 heterocycles. The minimum atomic E-state index is 0.174. The first-order chi connectivity index (χ1) is 11.5. The largest absolute Gasteiger partial charge is 0.456 e. The van der Waals surface area contributed by atoms with E-state index in [0.29, 0.717) is 0 Å². The van der Waals surface area contributed by atoms with Gasteiger partial charge >= 0.3 is 0 Å². The summed E-state index contributed by atoms with van der Waals surface area (Å²) in [5.74, 6) is 0. The van der Waals surface area contributed by atoms with E-state index in [1.165, 1.54) is 5.56 Å². The average Bonchev–Trinajstić information content (AvgIpc) is 2.93. The predicted octanol–water partition coefficient (Wildman–Crippen LogP) is 6.63. The molecule has 3 aromatic carbocycles. The molecule has 0 radical (unpaired) electrons. The van der Waals surface area contributed by atoms with E-state index in [2.05, 4.69) is 68.6 Å². The monoisotopic (exact) mass is 315 g/mol. The Morgan fingerprint density at radius 3 is 2.12 bits per heavy atom. The van der Waals surface area contributed by atoms with E-state index in [1.807, 2.05) is 24.3 Å². The summed E-state index contributed by atoms with van der Waals surface area (Å²) in [4.78, 5) is 0. The fourth-order valence-electron chi connectivity index (χ4n) is 3.02. The molecule has 0 atom stereocenters. The fourth-order valence-corrected chi connectivity index (χ4v) is 3.02. The summed E-state index contributed by atoms with van der Waals surface area (Å²) in [6.45, 7) is 6.69. The van der Waals surface area contributed by atoms with Crippen LogP contribution in [0.2, 0.25) is 0 Å². The van der Waals surface area contributed by atoms with Crippen molar-refractivity contribution in [2.24, 2.45) is 0 Å². The topological polar surface area (TPSA) is 25.2 Å². The maximum Gasteiger partial charge on any atom is 0.135 e. The van der Waals surface area contributed by atoms with Crippen LogP contribution in [0.3, 0.4) is 0 Å². The lowest BCUT2D eigenvalue weighted by molar-refractivity contribution is 0.590. The van der Waals surface area contributed by atoms with Gasteiger partial charge in [-0.05, 0) is 47.4 Å². The van der Waals surface area contributed by atoms with Gasteiger partial charge in [0.15, 0.2) is 0 Å². The molecule has 0 fully saturated rings. The standard InChI is InChI=1S/C22H21NO/c1-22(2,3)15-8-10-16(11-9-15)23-17-12-13-21-19(14-17)18-6-4-5-7-20(18)24-21/h4-14,23H,1-3H3. The molecule has 0 aliphatic carbocycles. The summed E-state index contributed by atoms with van der Waals surface area (Å²) in [6, 6.07) is 23.0. The molecule has 2 heteroatoms. The Bertz CT molecular complexity index is 1000. The highest BCUT2D eigenvalue weighted by Gasteiger charge is 2.13. The number of hydrogen-bond acceptors (Lipinski definition) is 2. The van der Waals surface area contributed by atoms with Crippen molar-refractivity contribution in [3.63, 3.8) is 0 Å². The molecule has 2 nitrogen and oxygen atoms in total. The highest BCUT2D eigenvalue weighted by Crippen LogP contribution is 2.31. The molecule has 0 saturated carbocycles. The van der Waals surface area contributed by atoms with Gasteiger partial charge in [0.25, 0.3) is 0 Å². The second kappa shape index (κ2) is 5.41. The third-order valence-electron chi connectivity index (χ3n) is 4.42. The number of anilines is 2. The first-order valence-corrected chi connectivity index (χ1v) is 8.29. The molecule has 0 aliphatic heterocycles. The Morgan fingerprint density at radius 1 is 0.708 bits per heavy atom. The van der Waals surface area contributed by atoms with E-state index in [9.17, 15) is 0 Å². The summed E-state index contributed by atoms with van der Waals surface area (Å²) in [7, 11) is 0. The molecule has 0 amide bonds. The molecule has 0 aliphatic rings. The Balaban J connectivity index is 1.68. The maximum absolute atomic E-state index is 5.88. The van der Waals surface area contributed by atoms with Gasteiger partial charge in [0.2, 0.25) is 0 Å². The SMILES string of the molecule is CC(C)(C)c1ccc(Nc2ccc3oc4ccccc4c3c2)cc1. The van der Waals surface area contributed by atoms with E-state index in [4.69, 9.17) is 4.42 Å². The van der Waals surface area contributed by atoms with E-state index in [1.54, 1.807) is 0 Å². The van der Waals surface area contributed by atoms with E-state index in [-0.39, 0.29) is 5.41 Å². The fraction of sp³-hybridized carbons (Fsp3) is 0.182. The number of benzene rings is 3. The highest BCUT2D eigenvalue weighted by molar-refractivity contribution is 6.06. The second-order valence-corrected chi connectivity index (χ2v) is 7.26. The van der Waals surface area contributed by atoms with Gasteiger partial charge in [-0.15, -0.1) is 0 Å². The van der Waals surface area contributed by atoms with Crippen molar-refractivity contribution in [3.8, 4) is 0 Å². The number of furan rings is 1. The van der Waals surface area contributed by atoms with Crippen LogP contribution in [0.5, 0.6) is 0 Å². The van der Waals surface area contributed by atoms with Crippen LogP contribution in [0, 0.1) is 0 Å². The van der Waals surface area contributed by atoms with E-state index < -0.39 is 0 Å². The molecule has 0 spiro atoms. The van der Waals surface area contributed by atoms with E-state index in [0.717, 1.165) is 33.3 Å². The number of fused-ring (bicyclic) bond motifs is 3. The van der Waals surface area contributed by atoms with Crippen LogP contribution >= 0.6 is 0 Å². The first-order valence-electron chi connectivity index (χ1n) is 8.29. The smallest absolute Gasteiger partial charge is 0.135 e. The zero-order valence-corrected chi connectivity index (χ0v) is 14.3. The summed E-state index contributed by atoms with van der Waals surface area (Å²) in [5.41, 5.74) is 5.52. The summed E-state index contributed by atoms with van der Waals surface area (Å²) in [6.07, 6.45) is 0. The zero-order valence-electron chi connectivity index (χ0n) is 14.3. The van der Waals surface area contributed by atoms with Gasteiger partial charge in [0.1, 0.15) is 11.2 Å². The van der Waals surface area contributed by atoms with Crippen molar-refractivity contribution < 1.29 is 4.42 Å².